The number of hydrogen-bond acceptors (Lipinski definition) is 7. The Hall–Kier alpha value is -1.87. The van der Waals surface area contributed by atoms with Crippen molar-refractivity contribution in [2.45, 2.75) is 78.0 Å². The molecule has 0 radical (unpaired) electrons. The molecule has 0 aromatic heterocycles. The van der Waals surface area contributed by atoms with Gasteiger partial charge in [0, 0.05) is 44.7 Å². The van der Waals surface area contributed by atoms with Crippen molar-refractivity contribution < 1.29 is 24.1 Å². The van der Waals surface area contributed by atoms with Crippen LogP contribution in [0.15, 0.2) is 18.2 Å². The maximum atomic E-state index is 12.9. The third-order valence-corrected chi connectivity index (χ3v) is 7.53. The number of methoxy groups -OCH3 is 2. The van der Waals surface area contributed by atoms with E-state index in [1.807, 2.05) is 26.0 Å². The molecule has 2 rings (SSSR count). The molecule has 1 fully saturated rings. The molecular weight excluding hydrogens is 470 g/mol. The molecular formula is C29H51N3O5. The first-order valence-corrected chi connectivity index (χ1v) is 13.9. The van der Waals surface area contributed by atoms with Crippen LogP contribution in [-0.4, -0.2) is 69.7 Å². The molecule has 5 N–H and O–H groups in total. The zero-order valence-electron chi connectivity index (χ0n) is 23.8. The summed E-state index contributed by atoms with van der Waals surface area (Å²) in [6.07, 6.45) is 2.87. The molecule has 0 aliphatic carbocycles. The Labute approximate surface area is 224 Å². The Morgan fingerprint density at radius 2 is 1.89 bits per heavy atom. The normalized spacial score (nSPS) is 19.0. The summed E-state index contributed by atoms with van der Waals surface area (Å²) >= 11 is 0. The van der Waals surface area contributed by atoms with E-state index < -0.39 is 12.1 Å². The maximum Gasteiger partial charge on any atom is 0.223 e. The molecule has 1 amide bonds. The second-order valence-corrected chi connectivity index (χ2v) is 11.1. The molecule has 2 unspecified atom stereocenters. The zero-order chi connectivity index (χ0) is 27.4. The third kappa shape index (κ3) is 10.4. The molecule has 212 valence electrons. The molecule has 1 aromatic carbocycles. The highest BCUT2D eigenvalue weighted by atomic mass is 16.5. The molecule has 0 saturated carbocycles. The van der Waals surface area contributed by atoms with Crippen LogP contribution in [0, 0.1) is 23.7 Å². The summed E-state index contributed by atoms with van der Waals surface area (Å²) in [5.74, 6) is 1.97. The lowest BCUT2D eigenvalue weighted by Gasteiger charge is -2.30. The number of carbonyl (C=O) groups excluding carboxylic acids is 1. The predicted octanol–water partition coefficient (Wildman–Crippen LogP) is 3.14. The van der Waals surface area contributed by atoms with Crippen molar-refractivity contribution in [1.29, 1.82) is 0 Å². The monoisotopic (exact) mass is 521 g/mol. The van der Waals surface area contributed by atoms with E-state index in [1.165, 1.54) is 0 Å². The van der Waals surface area contributed by atoms with E-state index in [9.17, 15) is 9.90 Å². The van der Waals surface area contributed by atoms with E-state index in [2.05, 4.69) is 30.5 Å². The number of aliphatic hydroxyl groups is 1. The van der Waals surface area contributed by atoms with Gasteiger partial charge in [-0.2, -0.15) is 0 Å². The second-order valence-electron chi connectivity index (χ2n) is 11.1. The first-order chi connectivity index (χ1) is 17.7. The molecule has 5 atom stereocenters. The highest BCUT2D eigenvalue weighted by molar-refractivity contribution is 5.79. The summed E-state index contributed by atoms with van der Waals surface area (Å²) in [6.45, 7) is 11.4. The summed E-state index contributed by atoms with van der Waals surface area (Å²) in [5.41, 5.74) is 7.69. The van der Waals surface area contributed by atoms with Crippen molar-refractivity contribution in [2.24, 2.45) is 29.4 Å². The fourth-order valence-corrected chi connectivity index (χ4v) is 4.95. The number of aliphatic hydroxyl groups excluding tert-OH is 1. The van der Waals surface area contributed by atoms with E-state index in [1.54, 1.807) is 14.2 Å². The number of nitrogens with one attached hydrogen (secondary N) is 2. The SMILES string of the molecule is COCCCOc1cc(C[C@@H](C[C@H](N)C(O)C[C@H](C(=O)NC2CCNC2)C(C)C)C(C)C)ccc1OC. The van der Waals surface area contributed by atoms with Crippen LogP contribution in [0.25, 0.3) is 0 Å². The minimum Gasteiger partial charge on any atom is -0.493 e. The van der Waals surface area contributed by atoms with Crippen molar-refractivity contribution in [3.05, 3.63) is 23.8 Å². The highest BCUT2D eigenvalue weighted by Gasteiger charge is 2.31. The van der Waals surface area contributed by atoms with Gasteiger partial charge in [-0.15, -0.1) is 0 Å². The molecule has 1 aliphatic heterocycles. The van der Waals surface area contributed by atoms with Gasteiger partial charge in [-0.1, -0.05) is 33.8 Å². The third-order valence-electron chi connectivity index (χ3n) is 7.53. The number of ether oxygens (including phenoxy) is 3. The maximum absolute atomic E-state index is 12.9. The predicted molar refractivity (Wildman–Crippen MR) is 148 cm³/mol. The van der Waals surface area contributed by atoms with E-state index in [4.69, 9.17) is 19.9 Å². The number of amides is 1. The van der Waals surface area contributed by atoms with Gasteiger partial charge in [0.2, 0.25) is 5.91 Å². The standard InChI is InChI=1S/C29H51N3O5/c1-19(2)22(14-21-8-9-27(36-6)28(15-21)37-13-7-12-35-5)16-25(30)26(33)17-24(20(3)4)29(34)32-23-10-11-31-18-23/h8-9,15,19-20,22-26,31,33H,7,10-14,16-18,30H2,1-6H3,(H,32,34)/t22-,23?,24-,25-,26?/m0/s1. The number of nitrogens with two attached hydrogens (primary N) is 1. The average Bonchev–Trinajstić information content (AvgIpc) is 3.37. The minimum atomic E-state index is -0.739. The lowest BCUT2D eigenvalue weighted by atomic mass is 9.80. The topological polar surface area (TPSA) is 115 Å². The van der Waals surface area contributed by atoms with Crippen molar-refractivity contribution in [3.8, 4) is 11.5 Å². The van der Waals surface area contributed by atoms with Crippen LogP contribution in [0.3, 0.4) is 0 Å². The molecule has 37 heavy (non-hydrogen) atoms. The van der Waals surface area contributed by atoms with Crippen LogP contribution in [0.2, 0.25) is 0 Å². The number of rotatable bonds is 17. The van der Waals surface area contributed by atoms with Gasteiger partial charge in [0.25, 0.3) is 0 Å². The van der Waals surface area contributed by atoms with E-state index in [0.29, 0.717) is 37.7 Å². The lowest BCUT2D eigenvalue weighted by molar-refractivity contribution is -0.128. The summed E-state index contributed by atoms with van der Waals surface area (Å²) in [7, 11) is 3.32. The van der Waals surface area contributed by atoms with Crippen LogP contribution in [0.4, 0.5) is 0 Å². The minimum absolute atomic E-state index is 0.0200. The van der Waals surface area contributed by atoms with Crippen LogP contribution < -0.4 is 25.8 Å². The fraction of sp³-hybridized carbons (Fsp3) is 0.759. The van der Waals surface area contributed by atoms with Crippen LogP contribution in [0.5, 0.6) is 11.5 Å². The van der Waals surface area contributed by atoms with Crippen molar-refractivity contribution in [3.63, 3.8) is 0 Å². The molecule has 1 heterocycles. The first kappa shape index (κ1) is 31.3. The number of carbonyl (C=O) groups is 1. The van der Waals surface area contributed by atoms with Crippen molar-refractivity contribution in [1.82, 2.24) is 10.6 Å². The zero-order valence-corrected chi connectivity index (χ0v) is 23.8. The molecule has 8 nitrogen and oxygen atoms in total. The Morgan fingerprint density at radius 1 is 1.14 bits per heavy atom. The van der Waals surface area contributed by atoms with Gasteiger partial charge < -0.3 is 35.7 Å². The fourth-order valence-electron chi connectivity index (χ4n) is 4.95. The summed E-state index contributed by atoms with van der Waals surface area (Å²) < 4.78 is 16.5. The largest absolute Gasteiger partial charge is 0.493 e. The van der Waals surface area contributed by atoms with Gasteiger partial charge in [0.15, 0.2) is 11.5 Å². The number of benzene rings is 1. The molecule has 1 aliphatic rings. The highest BCUT2D eigenvalue weighted by Crippen LogP contribution is 2.31. The van der Waals surface area contributed by atoms with Crippen LogP contribution in [-0.2, 0) is 16.0 Å². The second kappa shape index (κ2) is 16.2. The lowest BCUT2D eigenvalue weighted by Crippen LogP contribution is -2.45. The van der Waals surface area contributed by atoms with E-state index in [-0.39, 0.29) is 29.7 Å². The van der Waals surface area contributed by atoms with Crippen molar-refractivity contribution in [2.75, 3.05) is 40.5 Å². The molecule has 8 heteroatoms. The molecule has 0 spiro atoms. The van der Waals surface area contributed by atoms with Gasteiger partial charge >= 0.3 is 0 Å². The first-order valence-electron chi connectivity index (χ1n) is 13.9. The number of hydrogen-bond donors (Lipinski definition) is 4. The smallest absolute Gasteiger partial charge is 0.223 e. The Morgan fingerprint density at radius 3 is 2.49 bits per heavy atom. The van der Waals surface area contributed by atoms with Gasteiger partial charge in [0.05, 0.1) is 19.8 Å². The quantitative estimate of drug-likeness (QED) is 0.233. The van der Waals surface area contributed by atoms with E-state index in [0.717, 1.165) is 43.7 Å². The summed E-state index contributed by atoms with van der Waals surface area (Å²) in [5, 5.41) is 17.5. The van der Waals surface area contributed by atoms with Crippen LogP contribution >= 0.6 is 0 Å². The van der Waals surface area contributed by atoms with Gasteiger partial charge in [-0.25, -0.2) is 0 Å². The van der Waals surface area contributed by atoms with Crippen LogP contribution in [0.1, 0.15) is 58.9 Å². The van der Waals surface area contributed by atoms with Gasteiger partial charge in [-0.05, 0) is 67.7 Å². The molecule has 1 aromatic rings. The Bertz CT molecular complexity index is 798. The Balaban J connectivity index is 2.00. The van der Waals surface area contributed by atoms with Gasteiger partial charge in [0.1, 0.15) is 0 Å². The Kier molecular flexibility index (Phi) is 13.7. The summed E-state index contributed by atoms with van der Waals surface area (Å²) in [6, 6.07) is 5.81. The van der Waals surface area contributed by atoms with E-state index >= 15 is 0 Å². The molecule has 0 bridgehead atoms. The summed E-state index contributed by atoms with van der Waals surface area (Å²) in [4.78, 5) is 12.9. The van der Waals surface area contributed by atoms with Crippen molar-refractivity contribution >= 4 is 5.91 Å². The average molecular weight is 522 g/mol. The molecule has 1 saturated heterocycles. The van der Waals surface area contributed by atoms with Gasteiger partial charge in [-0.3, -0.25) is 4.79 Å².